The van der Waals surface area contributed by atoms with E-state index in [2.05, 4.69) is 15.9 Å². The lowest BCUT2D eigenvalue weighted by atomic mass is 9.96. The molecule has 3 saturated heterocycles. The highest BCUT2D eigenvalue weighted by Crippen LogP contribution is 2.38. The minimum atomic E-state index is -4.18. The minimum absolute atomic E-state index is 0.0104. The lowest BCUT2D eigenvalue weighted by Crippen LogP contribution is -2.76. The van der Waals surface area contributed by atoms with Crippen molar-refractivity contribution in [3.8, 4) is 0 Å². The Morgan fingerprint density at radius 1 is 0.950 bits per heavy atom. The lowest BCUT2D eigenvalue weighted by molar-refractivity contribution is -0.172. The van der Waals surface area contributed by atoms with E-state index in [4.69, 9.17) is 27.9 Å². The van der Waals surface area contributed by atoms with Gasteiger partial charge < -0.3 is 14.5 Å². The number of sulfonamides is 1. The van der Waals surface area contributed by atoms with Crippen LogP contribution < -0.4 is 0 Å². The number of rotatable bonds is 6. The zero-order chi connectivity index (χ0) is 28.2. The fourth-order valence-electron chi connectivity index (χ4n) is 5.92. The van der Waals surface area contributed by atoms with E-state index >= 15 is 0 Å². The molecule has 4 fully saturated rings. The predicted octanol–water partition coefficient (Wildman–Crippen LogP) is 3.23. The average Bonchev–Trinajstić information content (AvgIpc) is 3.77. The van der Waals surface area contributed by atoms with Crippen molar-refractivity contribution < 1.29 is 22.7 Å². The Kier molecular flexibility index (Phi) is 7.92. The first kappa shape index (κ1) is 28.4. The standard InChI is InChI=1S/C27H29BrCl2N4O5S/c28-18-3-1-17(2-4-18)13-22-26(35)32(20-6-7-20)16-25-33(40(37,38)24-8-5-19(29)14-21(24)30)15-23(27(36)34(22)25)31-9-11-39-12-10-31/h1-5,8,14,20,22-23,25H,6-7,9-13,15-16H2. The summed E-state index contributed by atoms with van der Waals surface area (Å²) in [6.45, 7) is 1.94. The molecule has 214 valence electrons. The molecule has 13 heteroatoms. The van der Waals surface area contributed by atoms with Gasteiger partial charge in [0, 0.05) is 41.6 Å². The Balaban J connectivity index is 1.45. The summed E-state index contributed by atoms with van der Waals surface area (Å²) in [5.74, 6) is -0.369. The first-order chi connectivity index (χ1) is 19.1. The Morgan fingerprint density at radius 2 is 1.65 bits per heavy atom. The normalized spacial score (nSPS) is 26.7. The van der Waals surface area contributed by atoms with E-state index in [9.17, 15) is 18.0 Å². The van der Waals surface area contributed by atoms with Gasteiger partial charge in [-0.05, 0) is 48.7 Å². The number of piperazine rings is 1. The van der Waals surface area contributed by atoms with Crippen molar-refractivity contribution in [3.63, 3.8) is 0 Å². The molecular formula is C27H29BrCl2N4O5S. The Hall–Kier alpha value is -1.73. The van der Waals surface area contributed by atoms with Crippen LogP contribution in [0.5, 0.6) is 0 Å². The van der Waals surface area contributed by atoms with Crippen LogP contribution in [0.15, 0.2) is 51.8 Å². The summed E-state index contributed by atoms with van der Waals surface area (Å²) in [6.07, 6.45) is 1.15. The van der Waals surface area contributed by atoms with E-state index in [0.29, 0.717) is 31.3 Å². The summed E-state index contributed by atoms with van der Waals surface area (Å²) < 4.78 is 36.4. The fraction of sp³-hybridized carbons (Fsp3) is 0.481. The number of amides is 2. The predicted molar refractivity (Wildman–Crippen MR) is 154 cm³/mol. The molecule has 0 N–H and O–H groups in total. The van der Waals surface area contributed by atoms with Gasteiger partial charge >= 0.3 is 0 Å². The van der Waals surface area contributed by atoms with E-state index < -0.39 is 28.3 Å². The number of halogens is 3. The third-order valence-corrected chi connectivity index (χ3v) is 11.2. The highest BCUT2D eigenvalue weighted by Gasteiger charge is 2.56. The summed E-state index contributed by atoms with van der Waals surface area (Å²) >= 11 is 15.9. The van der Waals surface area contributed by atoms with Gasteiger partial charge in [0.05, 0.1) is 24.8 Å². The van der Waals surface area contributed by atoms with Crippen LogP contribution in [-0.4, -0.2) is 103 Å². The smallest absolute Gasteiger partial charge is 0.246 e. The second-order valence-electron chi connectivity index (χ2n) is 10.6. The molecule has 40 heavy (non-hydrogen) atoms. The summed E-state index contributed by atoms with van der Waals surface area (Å²) in [4.78, 5) is 33.4. The third-order valence-electron chi connectivity index (χ3n) is 8.11. The molecule has 0 spiro atoms. The van der Waals surface area contributed by atoms with Crippen molar-refractivity contribution in [1.29, 1.82) is 0 Å². The number of carbonyl (C=O) groups excluding carboxylic acids is 2. The average molecular weight is 672 g/mol. The fourth-order valence-corrected chi connectivity index (χ4v) is 8.51. The summed E-state index contributed by atoms with van der Waals surface area (Å²) in [5.41, 5.74) is 0.884. The van der Waals surface area contributed by atoms with Crippen LogP contribution >= 0.6 is 39.1 Å². The Bertz CT molecular complexity index is 1420. The molecule has 6 rings (SSSR count). The van der Waals surface area contributed by atoms with E-state index in [1.807, 2.05) is 29.2 Å². The summed E-state index contributed by atoms with van der Waals surface area (Å²) in [5, 5.41) is 0.333. The molecule has 9 nitrogen and oxygen atoms in total. The molecule has 0 aromatic heterocycles. The molecule has 2 aromatic rings. The molecule has 3 atom stereocenters. The number of morpholine rings is 1. The van der Waals surface area contributed by atoms with Crippen molar-refractivity contribution in [3.05, 3.63) is 62.5 Å². The Labute approximate surface area is 252 Å². The maximum absolute atomic E-state index is 14.3. The minimum Gasteiger partial charge on any atom is -0.379 e. The van der Waals surface area contributed by atoms with Gasteiger partial charge in [-0.1, -0.05) is 51.3 Å². The molecule has 2 amide bonds. The number of fused-ring (bicyclic) bond motifs is 1. The molecule has 3 aliphatic heterocycles. The Morgan fingerprint density at radius 3 is 2.30 bits per heavy atom. The molecule has 3 unspecified atom stereocenters. The van der Waals surface area contributed by atoms with Gasteiger partial charge in [0.1, 0.15) is 23.1 Å². The SMILES string of the molecule is O=C1C(Cc2ccc(Br)cc2)N2C(=O)C(N3CCOCC3)CN(S(=O)(=O)c3ccc(Cl)cc3Cl)C2CN1C1CC1. The van der Waals surface area contributed by atoms with Gasteiger partial charge in [0.25, 0.3) is 0 Å². The van der Waals surface area contributed by atoms with Gasteiger partial charge in [-0.15, -0.1) is 0 Å². The van der Waals surface area contributed by atoms with E-state index in [-0.39, 0.29) is 47.3 Å². The second-order valence-corrected chi connectivity index (χ2v) is 14.2. The number of hydrogen-bond donors (Lipinski definition) is 0. The number of benzene rings is 2. The molecule has 4 aliphatic rings. The number of hydrogen-bond acceptors (Lipinski definition) is 6. The van der Waals surface area contributed by atoms with Gasteiger partial charge in [-0.3, -0.25) is 14.5 Å². The maximum Gasteiger partial charge on any atom is 0.246 e. The van der Waals surface area contributed by atoms with E-state index in [1.54, 1.807) is 4.90 Å². The van der Waals surface area contributed by atoms with Crippen LogP contribution in [-0.2, 0) is 30.8 Å². The van der Waals surface area contributed by atoms with E-state index in [0.717, 1.165) is 22.9 Å². The van der Waals surface area contributed by atoms with Crippen LogP contribution in [0.4, 0.5) is 0 Å². The van der Waals surface area contributed by atoms with Crippen LogP contribution in [0.3, 0.4) is 0 Å². The van der Waals surface area contributed by atoms with Crippen LogP contribution in [0.1, 0.15) is 18.4 Å². The van der Waals surface area contributed by atoms with Crippen molar-refractivity contribution >= 4 is 61.0 Å². The van der Waals surface area contributed by atoms with Crippen molar-refractivity contribution in [1.82, 2.24) is 19.0 Å². The van der Waals surface area contributed by atoms with Gasteiger partial charge in [0.2, 0.25) is 21.8 Å². The first-order valence-corrected chi connectivity index (χ1v) is 16.3. The zero-order valence-corrected chi connectivity index (χ0v) is 25.5. The molecule has 2 aromatic carbocycles. The maximum atomic E-state index is 14.3. The number of carbonyl (C=O) groups is 2. The highest BCUT2D eigenvalue weighted by molar-refractivity contribution is 9.10. The van der Waals surface area contributed by atoms with Gasteiger partial charge in [0.15, 0.2) is 0 Å². The van der Waals surface area contributed by atoms with Crippen molar-refractivity contribution in [2.75, 3.05) is 39.4 Å². The molecular weight excluding hydrogens is 643 g/mol. The summed E-state index contributed by atoms with van der Waals surface area (Å²) in [6, 6.07) is 10.4. The van der Waals surface area contributed by atoms with Crippen LogP contribution in [0, 0.1) is 0 Å². The van der Waals surface area contributed by atoms with Crippen molar-refractivity contribution in [2.45, 2.75) is 48.4 Å². The molecule has 0 radical (unpaired) electrons. The number of ether oxygens (including phenoxy) is 1. The quantitative estimate of drug-likeness (QED) is 0.469. The largest absolute Gasteiger partial charge is 0.379 e. The molecule has 1 saturated carbocycles. The van der Waals surface area contributed by atoms with Gasteiger partial charge in [-0.25, -0.2) is 8.42 Å². The molecule has 0 bridgehead atoms. The lowest BCUT2D eigenvalue weighted by Gasteiger charge is -2.55. The van der Waals surface area contributed by atoms with Crippen molar-refractivity contribution in [2.24, 2.45) is 0 Å². The van der Waals surface area contributed by atoms with Gasteiger partial charge in [-0.2, -0.15) is 4.31 Å². The second kappa shape index (κ2) is 11.2. The zero-order valence-electron chi connectivity index (χ0n) is 21.6. The molecule has 1 aliphatic carbocycles. The first-order valence-electron chi connectivity index (χ1n) is 13.3. The topological polar surface area (TPSA) is 90.5 Å². The highest BCUT2D eigenvalue weighted by atomic mass is 79.9. The molecule has 3 heterocycles. The van der Waals surface area contributed by atoms with Crippen LogP contribution in [0.2, 0.25) is 10.0 Å². The van der Waals surface area contributed by atoms with Crippen LogP contribution in [0.25, 0.3) is 0 Å². The third kappa shape index (κ3) is 5.30. The number of nitrogens with zero attached hydrogens (tertiary/aromatic N) is 4. The monoisotopic (exact) mass is 670 g/mol. The summed E-state index contributed by atoms with van der Waals surface area (Å²) in [7, 11) is -4.18. The van der Waals surface area contributed by atoms with E-state index in [1.165, 1.54) is 27.4 Å².